The van der Waals surface area contributed by atoms with Crippen LogP contribution >= 0.6 is 0 Å². The molecule has 0 aliphatic carbocycles. The van der Waals surface area contributed by atoms with Crippen LogP contribution in [0.15, 0.2) is 48.8 Å². The summed E-state index contributed by atoms with van der Waals surface area (Å²) in [5, 5.41) is 2.84. The Bertz CT molecular complexity index is 907. The molecule has 1 amide bonds. The summed E-state index contributed by atoms with van der Waals surface area (Å²) in [6.07, 6.45) is 7.09. The molecular formula is C24H29N3O3. The Kier molecular flexibility index (Phi) is 7.22. The number of esters is 1. The normalized spacial score (nSPS) is 18.0. The fourth-order valence-electron chi connectivity index (χ4n) is 3.80. The van der Waals surface area contributed by atoms with E-state index in [1.807, 2.05) is 25.1 Å². The van der Waals surface area contributed by atoms with Gasteiger partial charge in [0.1, 0.15) is 5.75 Å². The van der Waals surface area contributed by atoms with E-state index in [0.717, 1.165) is 29.9 Å². The predicted molar refractivity (Wildman–Crippen MR) is 118 cm³/mol. The van der Waals surface area contributed by atoms with Crippen LogP contribution in [0.4, 0.5) is 5.69 Å². The molecule has 1 aromatic carbocycles. The van der Waals surface area contributed by atoms with Gasteiger partial charge >= 0.3 is 5.97 Å². The Balaban J connectivity index is 1.58. The highest BCUT2D eigenvalue weighted by molar-refractivity contribution is 5.91. The lowest BCUT2D eigenvalue weighted by molar-refractivity contribution is -0.141. The number of anilines is 1. The minimum absolute atomic E-state index is 0.0369. The third kappa shape index (κ3) is 5.06. The molecule has 1 N–H and O–H groups in total. The first kappa shape index (κ1) is 21.6. The number of hydrogen-bond acceptors (Lipinski definition) is 5. The predicted octanol–water partition coefficient (Wildman–Crippen LogP) is 3.79. The largest absolute Gasteiger partial charge is 0.426 e. The fourth-order valence-corrected chi connectivity index (χ4v) is 3.80. The SMILES string of the molecule is CCN(CC)c1ccc2c(c1)OC(=O)C(CCNC(=O)C=Cc1cccnc1)C2C. The van der Waals surface area contributed by atoms with E-state index < -0.39 is 0 Å². The first-order valence-electron chi connectivity index (χ1n) is 10.5. The van der Waals surface area contributed by atoms with Gasteiger partial charge in [-0.05, 0) is 55.5 Å². The van der Waals surface area contributed by atoms with E-state index in [1.54, 1.807) is 18.5 Å². The lowest BCUT2D eigenvalue weighted by atomic mass is 9.83. The van der Waals surface area contributed by atoms with Crippen LogP contribution in [0.3, 0.4) is 0 Å². The minimum atomic E-state index is -0.278. The van der Waals surface area contributed by atoms with E-state index in [2.05, 4.69) is 41.2 Å². The van der Waals surface area contributed by atoms with Crippen LogP contribution in [0.2, 0.25) is 0 Å². The van der Waals surface area contributed by atoms with Gasteiger partial charge in [0.05, 0.1) is 5.92 Å². The van der Waals surface area contributed by atoms with Gasteiger partial charge in [-0.25, -0.2) is 0 Å². The van der Waals surface area contributed by atoms with E-state index in [0.29, 0.717) is 18.7 Å². The standard InChI is InChI=1S/C24H29N3O3/c1-4-27(5-2)19-9-10-20-17(3)21(24(29)30-22(20)15-19)12-14-26-23(28)11-8-18-7-6-13-25-16-18/h6-11,13,15-17,21H,4-5,12,14H2,1-3H3,(H,26,28). The van der Waals surface area contributed by atoms with Crippen LogP contribution in [-0.4, -0.2) is 36.5 Å². The van der Waals surface area contributed by atoms with E-state index in [1.165, 1.54) is 6.08 Å². The number of benzene rings is 1. The molecule has 1 aliphatic rings. The second kappa shape index (κ2) is 10.1. The Morgan fingerprint density at radius 2 is 2.07 bits per heavy atom. The first-order chi connectivity index (χ1) is 14.5. The van der Waals surface area contributed by atoms with Gasteiger partial charge in [-0.3, -0.25) is 14.6 Å². The maximum absolute atomic E-state index is 12.6. The van der Waals surface area contributed by atoms with Gasteiger partial charge in [-0.2, -0.15) is 0 Å². The molecule has 0 bridgehead atoms. The third-order valence-corrected chi connectivity index (χ3v) is 5.60. The second-order valence-electron chi connectivity index (χ2n) is 7.41. The molecule has 2 aromatic rings. The van der Waals surface area contributed by atoms with Crippen LogP contribution in [0.5, 0.6) is 5.75 Å². The monoisotopic (exact) mass is 407 g/mol. The number of rotatable bonds is 8. The van der Waals surface area contributed by atoms with Crippen LogP contribution in [0.25, 0.3) is 6.08 Å². The van der Waals surface area contributed by atoms with Crippen molar-refractivity contribution in [1.29, 1.82) is 0 Å². The molecule has 158 valence electrons. The Labute approximate surface area is 178 Å². The zero-order valence-corrected chi connectivity index (χ0v) is 17.8. The zero-order valence-electron chi connectivity index (χ0n) is 17.8. The van der Waals surface area contributed by atoms with Crippen molar-refractivity contribution in [2.45, 2.75) is 33.1 Å². The van der Waals surface area contributed by atoms with Crippen LogP contribution < -0.4 is 15.0 Å². The lowest BCUT2D eigenvalue weighted by Crippen LogP contribution is -2.34. The summed E-state index contributed by atoms with van der Waals surface area (Å²) in [5.41, 5.74) is 2.96. The average Bonchev–Trinajstić information content (AvgIpc) is 2.76. The summed E-state index contributed by atoms with van der Waals surface area (Å²) in [6, 6.07) is 9.79. The number of fused-ring (bicyclic) bond motifs is 1. The molecule has 0 radical (unpaired) electrons. The summed E-state index contributed by atoms with van der Waals surface area (Å²) < 4.78 is 5.66. The first-order valence-corrected chi connectivity index (χ1v) is 10.5. The average molecular weight is 408 g/mol. The quantitative estimate of drug-likeness (QED) is 0.410. The van der Waals surface area contributed by atoms with E-state index in [4.69, 9.17) is 4.74 Å². The summed E-state index contributed by atoms with van der Waals surface area (Å²) in [4.78, 5) is 30.9. The van der Waals surface area contributed by atoms with E-state index in [-0.39, 0.29) is 23.7 Å². The summed E-state index contributed by atoms with van der Waals surface area (Å²) in [5.74, 6) is -0.0161. The van der Waals surface area contributed by atoms with Gasteiger partial charge in [0, 0.05) is 49.9 Å². The Morgan fingerprint density at radius 3 is 2.77 bits per heavy atom. The second-order valence-corrected chi connectivity index (χ2v) is 7.41. The van der Waals surface area contributed by atoms with Gasteiger partial charge in [0.2, 0.25) is 5.91 Å². The van der Waals surface area contributed by atoms with Crippen molar-refractivity contribution < 1.29 is 14.3 Å². The maximum Gasteiger partial charge on any atom is 0.315 e. The van der Waals surface area contributed by atoms with E-state index >= 15 is 0 Å². The number of ether oxygens (including phenoxy) is 1. The maximum atomic E-state index is 12.6. The molecule has 0 saturated carbocycles. The van der Waals surface area contributed by atoms with Crippen molar-refractivity contribution >= 4 is 23.6 Å². The number of nitrogens with zero attached hydrogens (tertiary/aromatic N) is 2. The minimum Gasteiger partial charge on any atom is -0.426 e. The van der Waals surface area contributed by atoms with Gasteiger partial charge in [-0.15, -0.1) is 0 Å². The molecule has 0 saturated heterocycles. The summed E-state index contributed by atoms with van der Waals surface area (Å²) in [6.45, 7) is 8.46. The summed E-state index contributed by atoms with van der Waals surface area (Å²) in [7, 11) is 0. The van der Waals surface area contributed by atoms with E-state index in [9.17, 15) is 9.59 Å². The lowest BCUT2D eigenvalue weighted by Gasteiger charge is -2.31. The van der Waals surface area contributed by atoms with Crippen LogP contribution in [-0.2, 0) is 9.59 Å². The molecule has 30 heavy (non-hydrogen) atoms. The molecule has 6 nitrogen and oxygen atoms in total. The molecule has 2 atom stereocenters. The fraction of sp³-hybridized carbons (Fsp3) is 0.375. The molecule has 0 fully saturated rings. The van der Waals surface area contributed by atoms with Crippen molar-refractivity contribution in [3.8, 4) is 5.75 Å². The highest BCUT2D eigenvalue weighted by atomic mass is 16.5. The van der Waals surface area contributed by atoms with Crippen molar-refractivity contribution in [2.24, 2.45) is 5.92 Å². The molecular weight excluding hydrogens is 378 g/mol. The number of carbonyl (C=O) groups excluding carboxylic acids is 2. The van der Waals surface area contributed by atoms with Gasteiger partial charge in [-0.1, -0.05) is 19.1 Å². The molecule has 1 aromatic heterocycles. The molecule has 3 rings (SSSR count). The smallest absolute Gasteiger partial charge is 0.315 e. The number of hydrogen-bond donors (Lipinski definition) is 1. The number of amides is 1. The van der Waals surface area contributed by atoms with Crippen molar-refractivity contribution in [3.05, 3.63) is 59.9 Å². The molecule has 6 heteroatoms. The zero-order chi connectivity index (χ0) is 21.5. The van der Waals surface area contributed by atoms with Crippen molar-refractivity contribution in [1.82, 2.24) is 10.3 Å². The van der Waals surface area contributed by atoms with Gasteiger partial charge in [0.15, 0.2) is 0 Å². The number of nitrogens with one attached hydrogen (secondary N) is 1. The highest BCUT2D eigenvalue weighted by Gasteiger charge is 2.34. The van der Waals surface area contributed by atoms with Gasteiger partial charge in [0.25, 0.3) is 0 Å². The third-order valence-electron chi connectivity index (χ3n) is 5.60. The van der Waals surface area contributed by atoms with Crippen LogP contribution in [0, 0.1) is 5.92 Å². The molecule has 2 unspecified atom stereocenters. The molecule has 0 spiro atoms. The van der Waals surface area contributed by atoms with Crippen molar-refractivity contribution in [3.63, 3.8) is 0 Å². The number of carbonyl (C=O) groups is 2. The topological polar surface area (TPSA) is 71.5 Å². The Hall–Kier alpha value is -3.15. The number of pyridine rings is 1. The van der Waals surface area contributed by atoms with Crippen LogP contribution in [0.1, 0.15) is 44.2 Å². The molecule has 2 heterocycles. The number of aromatic nitrogens is 1. The summed E-state index contributed by atoms with van der Waals surface area (Å²) >= 11 is 0. The van der Waals surface area contributed by atoms with Gasteiger partial charge < -0.3 is 15.0 Å². The van der Waals surface area contributed by atoms with Crippen molar-refractivity contribution in [2.75, 3.05) is 24.5 Å². The Morgan fingerprint density at radius 1 is 1.27 bits per heavy atom. The molecule has 1 aliphatic heterocycles. The highest BCUT2D eigenvalue weighted by Crippen LogP contribution is 2.40.